The number of furan rings is 1. The molecular weight excluding hydrogens is 226 g/mol. The van der Waals surface area contributed by atoms with Crippen molar-refractivity contribution in [3.05, 3.63) is 41.6 Å². The van der Waals surface area contributed by atoms with Crippen molar-refractivity contribution >= 4 is 0 Å². The predicted molar refractivity (Wildman–Crippen MR) is 71.6 cm³/mol. The monoisotopic (exact) mass is 247 g/mol. The largest absolute Gasteiger partial charge is 0.465 e. The summed E-state index contributed by atoms with van der Waals surface area (Å²) >= 11 is 0. The molecule has 2 heterocycles. The van der Waals surface area contributed by atoms with Crippen LogP contribution in [0.5, 0.6) is 0 Å². The SMILES string of the molecule is CNC(Cc1ccn(C(C)C)n1)c1ccc(C)o1. The van der Waals surface area contributed by atoms with Crippen molar-refractivity contribution in [1.29, 1.82) is 0 Å². The molecule has 0 aliphatic rings. The van der Waals surface area contributed by atoms with Gasteiger partial charge in [0.1, 0.15) is 11.5 Å². The van der Waals surface area contributed by atoms with Crippen LogP contribution in [0.4, 0.5) is 0 Å². The Balaban J connectivity index is 2.10. The molecule has 0 aliphatic heterocycles. The Morgan fingerprint density at radius 1 is 1.33 bits per heavy atom. The third-order valence-corrected chi connectivity index (χ3v) is 3.06. The summed E-state index contributed by atoms with van der Waals surface area (Å²) in [6, 6.07) is 6.66. The maximum Gasteiger partial charge on any atom is 0.121 e. The van der Waals surface area contributed by atoms with Crippen molar-refractivity contribution in [3.8, 4) is 0 Å². The third kappa shape index (κ3) is 2.82. The number of rotatable bonds is 5. The number of likely N-dealkylation sites (N-methyl/N-ethyl adjacent to an activating group) is 1. The van der Waals surface area contributed by atoms with Gasteiger partial charge in [0.2, 0.25) is 0 Å². The first-order valence-corrected chi connectivity index (χ1v) is 6.37. The van der Waals surface area contributed by atoms with Gasteiger partial charge in [-0.3, -0.25) is 4.68 Å². The lowest BCUT2D eigenvalue weighted by Crippen LogP contribution is -2.18. The first-order chi connectivity index (χ1) is 8.60. The minimum atomic E-state index is 0.175. The highest BCUT2D eigenvalue weighted by Crippen LogP contribution is 2.20. The van der Waals surface area contributed by atoms with Gasteiger partial charge in [0.05, 0.1) is 11.7 Å². The maximum absolute atomic E-state index is 5.67. The molecule has 1 N–H and O–H groups in total. The quantitative estimate of drug-likeness (QED) is 0.883. The fourth-order valence-corrected chi connectivity index (χ4v) is 1.97. The van der Waals surface area contributed by atoms with Crippen molar-refractivity contribution in [3.63, 3.8) is 0 Å². The van der Waals surface area contributed by atoms with E-state index in [-0.39, 0.29) is 6.04 Å². The molecule has 4 nitrogen and oxygen atoms in total. The van der Waals surface area contributed by atoms with Gasteiger partial charge in [0.15, 0.2) is 0 Å². The number of aromatic nitrogens is 2. The molecule has 0 spiro atoms. The standard InChI is InChI=1S/C14H21N3O/c1-10(2)17-8-7-12(16-17)9-13(15-4)14-6-5-11(3)18-14/h5-8,10,13,15H,9H2,1-4H3. The van der Waals surface area contributed by atoms with Crippen LogP contribution < -0.4 is 5.32 Å². The van der Waals surface area contributed by atoms with E-state index in [1.807, 2.05) is 37.0 Å². The second kappa shape index (κ2) is 5.40. The highest BCUT2D eigenvalue weighted by Gasteiger charge is 2.15. The molecule has 98 valence electrons. The zero-order valence-corrected chi connectivity index (χ0v) is 11.5. The van der Waals surface area contributed by atoms with Crippen molar-refractivity contribution in [2.45, 2.75) is 39.3 Å². The van der Waals surface area contributed by atoms with Gasteiger partial charge < -0.3 is 9.73 Å². The van der Waals surface area contributed by atoms with E-state index in [1.54, 1.807) is 0 Å². The van der Waals surface area contributed by atoms with Crippen LogP contribution in [-0.2, 0) is 6.42 Å². The first kappa shape index (κ1) is 12.9. The average Bonchev–Trinajstić information content (AvgIpc) is 2.94. The van der Waals surface area contributed by atoms with Crippen LogP contribution in [0.15, 0.2) is 28.8 Å². The molecule has 2 aromatic heterocycles. The van der Waals surface area contributed by atoms with Crippen LogP contribution in [-0.4, -0.2) is 16.8 Å². The summed E-state index contributed by atoms with van der Waals surface area (Å²) in [6.45, 7) is 6.22. The second-order valence-electron chi connectivity index (χ2n) is 4.87. The lowest BCUT2D eigenvalue weighted by molar-refractivity contribution is 0.410. The van der Waals surface area contributed by atoms with Crippen LogP contribution in [0, 0.1) is 6.92 Å². The Kier molecular flexibility index (Phi) is 3.87. The van der Waals surface area contributed by atoms with Crippen molar-refractivity contribution in [2.75, 3.05) is 7.05 Å². The minimum absolute atomic E-state index is 0.175. The van der Waals surface area contributed by atoms with Crippen LogP contribution in [0.2, 0.25) is 0 Å². The summed E-state index contributed by atoms with van der Waals surface area (Å²) in [4.78, 5) is 0. The summed E-state index contributed by atoms with van der Waals surface area (Å²) in [5.41, 5.74) is 1.08. The zero-order chi connectivity index (χ0) is 13.1. The molecule has 2 aromatic rings. The van der Waals surface area contributed by atoms with E-state index in [4.69, 9.17) is 4.42 Å². The van der Waals surface area contributed by atoms with Gasteiger partial charge in [-0.15, -0.1) is 0 Å². The summed E-state index contributed by atoms with van der Waals surface area (Å²) in [5.74, 6) is 1.91. The topological polar surface area (TPSA) is 43.0 Å². The fraction of sp³-hybridized carbons (Fsp3) is 0.500. The fourth-order valence-electron chi connectivity index (χ4n) is 1.97. The van der Waals surface area contributed by atoms with E-state index in [2.05, 4.69) is 30.3 Å². The molecule has 0 saturated heterocycles. The van der Waals surface area contributed by atoms with E-state index in [1.165, 1.54) is 0 Å². The number of nitrogens with one attached hydrogen (secondary N) is 1. The Hall–Kier alpha value is -1.55. The summed E-state index contributed by atoms with van der Waals surface area (Å²) in [6.07, 6.45) is 2.86. The Morgan fingerprint density at radius 2 is 2.11 bits per heavy atom. The molecule has 2 rings (SSSR count). The van der Waals surface area contributed by atoms with Crippen molar-refractivity contribution in [2.24, 2.45) is 0 Å². The molecule has 0 aliphatic carbocycles. The smallest absolute Gasteiger partial charge is 0.121 e. The van der Waals surface area contributed by atoms with Gasteiger partial charge in [-0.2, -0.15) is 5.10 Å². The molecule has 0 amide bonds. The Bertz CT molecular complexity index is 499. The average molecular weight is 247 g/mol. The van der Waals surface area contributed by atoms with Gasteiger partial charge in [-0.05, 0) is 46.0 Å². The van der Waals surface area contributed by atoms with Gasteiger partial charge in [0, 0.05) is 18.7 Å². The number of aryl methyl sites for hydroxylation is 1. The second-order valence-corrected chi connectivity index (χ2v) is 4.87. The molecule has 0 aromatic carbocycles. The van der Waals surface area contributed by atoms with Crippen molar-refractivity contribution in [1.82, 2.24) is 15.1 Å². The third-order valence-electron chi connectivity index (χ3n) is 3.06. The van der Waals surface area contributed by atoms with E-state index < -0.39 is 0 Å². The lowest BCUT2D eigenvalue weighted by atomic mass is 10.1. The van der Waals surface area contributed by atoms with Crippen molar-refractivity contribution < 1.29 is 4.42 Å². The van der Waals surface area contributed by atoms with Gasteiger partial charge >= 0.3 is 0 Å². The molecule has 0 fully saturated rings. The molecule has 1 unspecified atom stereocenters. The van der Waals surface area contributed by atoms with E-state index in [0.717, 1.165) is 23.6 Å². The number of hydrogen-bond donors (Lipinski definition) is 1. The van der Waals surface area contributed by atoms with Gasteiger partial charge in [-0.25, -0.2) is 0 Å². The highest BCUT2D eigenvalue weighted by molar-refractivity contribution is 5.13. The minimum Gasteiger partial charge on any atom is -0.465 e. The molecule has 1 atom stereocenters. The maximum atomic E-state index is 5.67. The summed E-state index contributed by atoms with van der Waals surface area (Å²) in [7, 11) is 1.95. The molecule has 4 heteroatoms. The number of nitrogens with zero attached hydrogens (tertiary/aromatic N) is 2. The molecular formula is C14H21N3O. The molecule has 0 saturated carbocycles. The Morgan fingerprint density at radius 3 is 2.61 bits per heavy atom. The normalized spacial score (nSPS) is 13.2. The van der Waals surface area contributed by atoms with E-state index in [9.17, 15) is 0 Å². The molecule has 0 radical (unpaired) electrons. The molecule has 18 heavy (non-hydrogen) atoms. The Labute approximate surface area is 108 Å². The highest BCUT2D eigenvalue weighted by atomic mass is 16.3. The molecule has 0 bridgehead atoms. The lowest BCUT2D eigenvalue weighted by Gasteiger charge is -2.12. The summed E-state index contributed by atoms with van der Waals surface area (Å²) in [5, 5.41) is 7.84. The predicted octanol–water partition coefficient (Wildman–Crippen LogP) is 2.87. The van der Waals surface area contributed by atoms with Gasteiger partial charge in [-0.1, -0.05) is 0 Å². The van der Waals surface area contributed by atoms with E-state index in [0.29, 0.717) is 6.04 Å². The van der Waals surface area contributed by atoms with Crippen LogP contribution in [0.3, 0.4) is 0 Å². The van der Waals surface area contributed by atoms with Crippen LogP contribution in [0.1, 0.15) is 43.1 Å². The van der Waals surface area contributed by atoms with Crippen LogP contribution >= 0.6 is 0 Å². The summed E-state index contributed by atoms with van der Waals surface area (Å²) < 4.78 is 7.65. The first-order valence-electron chi connectivity index (χ1n) is 6.37. The van der Waals surface area contributed by atoms with Gasteiger partial charge in [0.25, 0.3) is 0 Å². The van der Waals surface area contributed by atoms with Crippen LogP contribution in [0.25, 0.3) is 0 Å². The van der Waals surface area contributed by atoms with E-state index >= 15 is 0 Å². The number of hydrogen-bond acceptors (Lipinski definition) is 3. The zero-order valence-electron chi connectivity index (χ0n) is 11.5.